The topological polar surface area (TPSA) is 30.2 Å². The fourth-order valence-corrected chi connectivity index (χ4v) is 1.54. The first-order valence-electron chi connectivity index (χ1n) is 5.37. The number of ketones is 1. The van der Waals surface area contributed by atoms with Crippen LogP contribution < -0.4 is 0 Å². The highest BCUT2D eigenvalue weighted by Gasteiger charge is 2.14. The molecule has 0 fully saturated rings. The SMILES string of the molecule is CCCc1cc(C(=O)CC)c(CC)o1. The van der Waals surface area contributed by atoms with Crippen LogP contribution in [0.4, 0.5) is 0 Å². The van der Waals surface area contributed by atoms with Gasteiger partial charge in [-0.2, -0.15) is 0 Å². The van der Waals surface area contributed by atoms with Gasteiger partial charge in [0.2, 0.25) is 0 Å². The van der Waals surface area contributed by atoms with Crippen molar-refractivity contribution in [2.75, 3.05) is 0 Å². The Hall–Kier alpha value is -1.05. The maximum absolute atomic E-state index is 11.6. The van der Waals surface area contributed by atoms with Gasteiger partial charge in [0.1, 0.15) is 11.5 Å². The molecule has 0 aliphatic carbocycles. The van der Waals surface area contributed by atoms with E-state index in [0.717, 1.165) is 36.3 Å². The van der Waals surface area contributed by atoms with Crippen LogP contribution in [0.5, 0.6) is 0 Å². The average molecular weight is 194 g/mol. The summed E-state index contributed by atoms with van der Waals surface area (Å²) in [6, 6.07) is 1.91. The monoisotopic (exact) mass is 194 g/mol. The number of furan rings is 1. The minimum absolute atomic E-state index is 0.188. The fourth-order valence-electron chi connectivity index (χ4n) is 1.54. The number of hydrogen-bond acceptors (Lipinski definition) is 2. The summed E-state index contributed by atoms with van der Waals surface area (Å²) in [5.74, 6) is 1.98. The minimum Gasteiger partial charge on any atom is -0.465 e. The lowest BCUT2D eigenvalue weighted by molar-refractivity contribution is 0.0986. The van der Waals surface area contributed by atoms with E-state index in [9.17, 15) is 4.79 Å². The van der Waals surface area contributed by atoms with E-state index in [1.165, 1.54) is 0 Å². The molecule has 0 N–H and O–H groups in total. The molecule has 0 unspecified atom stereocenters. The molecular formula is C12H18O2. The third-order valence-electron chi connectivity index (χ3n) is 2.30. The van der Waals surface area contributed by atoms with Gasteiger partial charge in [-0.15, -0.1) is 0 Å². The summed E-state index contributed by atoms with van der Waals surface area (Å²) in [5, 5.41) is 0. The Balaban J connectivity index is 2.96. The molecule has 78 valence electrons. The molecule has 0 amide bonds. The highest BCUT2D eigenvalue weighted by molar-refractivity contribution is 5.96. The molecule has 1 rings (SSSR count). The smallest absolute Gasteiger partial charge is 0.166 e. The van der Waals surface area contributed by atoms with Crippen molar-refractivity contribution in [2.45, 2.75) is 46.5 Å². The van der Waals surface area contributed by atoms with Crippen LogP contribution in [0.2, 0.25) is 0 Å². The second kappa shape index (κ2) is 4.99. The van der Waals surface area contributed by atoms with E-state index in [1.54, 1.807) is 0 Å². The van der Waals surface area contributed by atoms with Crippen molar-refractivity contribution in [3.05, 3.63) is 23.2 Å². The van der Waals surface area contributed by atoms with Gasteiger partial charge in [-0.3, -0.25) is 4.79 Å². The van der Waals surface area contributed by atoms with E-state index >= 15 is 0 Å². The quantitative estimate of drug-likeness (QED) is 0.672. The molecule has 0 bridgehead atoms. The summed E-state index contributed by atoms with van der Waals surface area (Å²) in [7, 11) is 0. The predicted octanol–water partition coefficient (Wildman–Crippen LogP) is 3.39. The Kier molecular flexibility index (Phi) is 3.93. The summed E-state index contributed by atoms with van der Waals surface area (Å²) in [5.41, 5.74) is 0.790. The van der Waals surface area contributed by atoms with Crippen molar-refractivity contribution in [1.82, 2.24) is 0 Å². The summed E-state index contributed by atoms with van der Waals surface area (Å²) < 4.78 is 5.61. The van der Waals surface area contributed by atoms with Gasteiger partial charge in [0.05, 0.1) is 5.56 Å². The largest absolute Gasteiger partial charge is 0.465 e. The Morgan fingerprint density at radius 1 is 1.36 bits per heavy atom. The van der Waals surface area contributed by atoms with Gasteiger partial charge in [-0.05, 0) is 12.5 Å². The number of Topliss-reactive ketones (excluding diaryl/α,β-unsaturated/α-hetero) is 1. The molecule has 0 atom stereocenters. The normalized spacial score (nSPS) is 10.5. The van der Waals surface area contributed by atoms with Crippen LogP contribution in [-0.4, -0.2) is 5.78 Å². The maximum Gasteiger partial charge on any atom is 0.166 e. The lowest BCUT2D eigenvalue weighted by Gasteiger charge is -1.94. The molecule has 0 aliphatic heterocycles. The molecule has 0 radical (unpaired) electrons. The molecule has 0 aliphatic rings. The van der Waals surface area contributed by atoms with E-state index in [2.05, 4.69) is 6.92 Å². The van der Waals surface area contributed by atoms with Crippen LogP contribution in [0, 0.1) is 0 Å². The number of hydrogen-bond donors (Lipinski definition) is 0. The van der Waals surface area contributed by atoms with E-state index in [0.29, 0.717) is 6.42 Å². The zero-order chi connectivity index (χ0) is 10.6. The molecule has 0 saturated carbocycles. The Morgan fingerprint density at radius 2 is 2.07 bits per heavy atom. The van der Waals surface area contributed by atoms with Crippen molar-refractivity contribution in [3.63, 3.8) is 0 Å². The zero-order valence-electron chi connectivity index (χ0n) is 9.22. The number of carbonyl (C=O) groups is 1. The van der Waals surface area contributed by atoms with Gasteiger partial charge >= 0.3 is 0 Å². The average Bonchev–Trinajstić information content (AvgIpc) is 2.60. The van der Waals surface area contributed by atoms with Crippen molar-refractivity contribution in [1.29, 1.82) is 0 Å². The molecule has 0 saturated heterocycles. The Labute approximate surface area is 85.3 Å². The van der Waals surface area contributed by atoms with E-state index in [4.69, 9.17) is 4.42 Å². The molecule has 0 spiro atoms. The number of aryl methyl sites for hydroxylation is 2. The zero-order valence-corrected chi connectivity index (χ0v) is 9.22. The van der Waals surface area contributed by atoms with Gasteiger partial charge in [0, 0.05) is 19.3 Å². The van der Waals surface area contributed by atoms with Gasteiger partial charge in [0.25, 0.3) is 0 Å². The van der Waals surface area contributed by atoms with Crippen LogP contribution in [0.3, 0.4) is 0 Å². The number of rotatable bonds is 5. The first-order valence-corrected chi connectivity index (χ1v) is 5.37. The van der Waals surface area contributed by atoms with Crippen LogP contribution in [0.25, 0.3) is 0 Å². The Morgan fingerprint density at radius 3 is 2.57 bits per heavy atom. The second-order valence-electron chi connectivity index (χ2n) is 3.43. The van der Waals surface area contributed by atoms with Crippen LogP contribution >= 0.6 is 0 Å². The van der Waals surface area contributed by atoms with Crippen molar-refractivity contribution in [2.24, 2.45) is 0 Å². The third kappa shape index (κ3) is 2.25. The lowest BCUT2D eigenvalue weighted by atomic mass is 10.1. The van der Waals surface area contributed by atoms with E-state index in [-0.39, 0.29) is 5.78 Å². The van der Waals surface area contributed by atoms with Gasteiger partial charge in [0.15, 0.2) is 5.78 Å². The first-order chi connectivity index (χ1) is 6.72. The molecule has 1 heterocycles. The molecule has 1 aromatic heterocycles. The maximum atomic E-state index is 11.6. The summed E-state index contributed by atoms with van der Waals surface area (Å²) in [6.45, 7) is 6.00. The van der Waals surface area contributed by atoms with Gasteiger partial charge in [-0.25, -0.2) is 0 Å². The van der Waals surface area contributed by atoms with E-state index in [1.807, 2.05) is 19.9 Å². The summed E-state index contributed by atoms with van der Waals surface area (Å²) >= 11 is 0. The van der Waals surface area contributed by atoms with Crippen molar-refractivity contribution in [3.8, 4) is 0 Å². The minimum atomic E-state index is 0.188. The van der Waals surface area contributed by atoms with Crippen LogP contribution in [0.15, 0.2) is 10.5 Å². The fraction of sp³-hybridized carbons (Fsp3) is 0.583. The highest BCUT2D eigenvalue weighted by atomic mass is 16.3. The van der Waals surface area contributed by atoms with Crippen LogP contribution in [0.1, 0.15) is 55.5 Å². The molecule has 2 heteroatoms. The first kappa shape index (κ1) is 11.0. The van der Waals surface area contributed by atoms with Crippen molar-refractivity contribution >= 4 is 5.78 Å². The molecule has 0 aromatic carbocycles. The molecule has 2 nitrogen and oxygen atoms in total. The van der Waals surface area contributed by atoms with Gasteiger partial charge in [-0.1, -0.05) is 20.8 Å². The summed E-state index contributed by atoms with van der Waals surface area (Å²) in [6.07, 6.45) is 3.32. The molecule has 14 heavy (non-hydrogen) atoms. The van der Waals surface area contributed by atoms with E-state index < -0.39 is 0 Å². The Bertz CT molecular complexity index is 310. The third-order valence-corrected chi connectivity index (χ3v) is 2.30. The number of carbonyl (C=O) groups excluding carboxylic acids is 1. The van der Waals surface area contributed by atoms with Crippen LogP contribution in [-0.2, 0) is 12.8 Å². The molecule has 1 aromatic rings. The highest BCUT2D eigenvalue weighted by Crippen LogP contribution is 2.19. The lowest BCUT2D eigenvalue weighted by Crippen LogP contribution is -1.97. The molecular weight excluding hydrogens is 176 g/mol. The predicted molar refractivity (Wildman–Crippen MR) is 56.7 cm³/mol. The second-order valence-corrected chi connectivity index (χ2v) is 3.43. The summed E-state index contributed by atoms with van der Waals surface area (Å²) in [4.78, 5) is 11.6. The van der Waals surface area contributed by atoms with Crippen molar-refractivity contribution < 1.29 is 9.21 Å². The standard InChI is InChI=1S/C12H18O2/c1-4-7-9-8-10(11(13)5-2)12(6-3)14-9/h8H,4-7H2,1-3H3. The van der Waals surface area contributed by atoms with Gasteiger partial charge < -0.3 is 4.42 Å².